The molecule has 2 atom stereocenters. The van der Waals surface area contributed by atoms with E-state index in [9.17, 15) is 0 Å². The summed E-state index contributed by atoms with van der Waals surface area (Å²) in [6.45, 7) is 10.6. The predicted molar refractivity (Wildman–Crippen MR) is 49.0 cm³/mol. The Morgan fingerprint density at radius 1 is 1.33 bits per heavy atom. The second-order valence-electron chi connectivity index (χ2n) is 4.64. The Hall–Kier alpha value is -0.0800. The van der Waals surface area contributed by atoms with Gasteiger partial charge < -0.3 is 9.47 Å². The molecule has 1 rings (SSSR count). The second kappa shape index (κ2) is 3.35. The first-order chi connectivity index (χ1) is 5.41. The van der Waals surface area contributed by atoms with Crippen molar-refractivity contribution in [1.82, 2.24) is 0 Å². The molecule has 1 heterocycles. The zero-order chi connectivity index (χ0) is 9.35. The van der Waals surface area contributed by atoms with Gasteiger partial charge in [0.2, 0.25) is 0 Å². The lowest BCUT2D eigenvalue weighted by Gasteiger charge is -2.41. The van der Waals surface area contributed by atoms with Crippen molar-refractivity contribution in [3.05, 3.63) is 0 Å². The van der Waals surface area contributed by atoms with Crippen LogP contribution in [0, 0.1) is 5.92 Å². The van der Waals surface area contributed by atoms with E-state index in [1.165, 1.54) is 0 Å². The lowest BCUT2D eigenvalue weighted by Crippen LogP contribution is -2.45. The summed E-state index contributed by atoms with van der Waals surface area (Å²) in [6.07, 6.45) is 1.28. The van der Waals surface area contributed by atoms with Crippen molar-refractivity contribution in [2.45, 2.75) is 59.0 Å². The van der Waals surface area contributed by atoms with E-state index < -0.39 is 0 Å². The van der Waals surface area contributed by atoms with Gasteiger partial charge in [-0.15, -0.1) is 0 Å². The van der Waals surface area contributed by atoms with Crippen molar-refractivity contribution in [3.8, 4) is 0 Å². The van der Waals surface area contributed by atoms with Crippen LogP contribution in [-0.4, -0.2) is 18.0 Å². The Morgan fingerprint density at radius 2 is 1.92 bits per heavy atom. The topological polar surface area (TPSA) is 18.5 Å². The molecule has 1 fully saturated rings. The minimum Gasteiger partial charge on any atom is -0.349 e. The molecule has 0 spiro atoms. The van der Waals surface area contributed by atoms with Crippen LogP contribution in [0.4, 0.5) is 0 Å². The average Bonchev–Trinajstić information content (AvgIpc) is 1.82. The predicted octanol–water partition coefficient (Wildman–Crippen LogP) is 2.57. The molecule has 1 aliphatic rings. The second-order valence-corrected chi connectivity index (χ2v) is 4.64. The van der Waals surface area contributed by atoms with E-state index >= 15 is 0 Å². The van der Waals surface area contributed by atoms with Crippen molar-refractivity contribution in [2.75, 3.05) is 0 Å². The summed E-state index contributed by atoms with van der Waals surface area (Å²) in [7, 11) is 0. The zero-order valence-electron chi connectivity index (χ0n) is 8.76. The van der Waals surface area contributed by atoms with Gasteiger partial charge in [0.25, 0.3) is 0 Å². The average molecular weight is 172 g/mol. The molecule has 2 heteroatoms. The van der Waals surface area contributed by atoms with Crippen LogP contribution in [0.3, 0.4) is 0 Å². The Labute approximate surface area is 75.2 Å². The molecule has 72 valence electrons. The van der Waals surface area contributed by atoms with E-state index in [0.717, 1.165) is 6.42 Å². The third-order valence-electron chi connectivity index (χ3n) is 2.12. The van der Waals surface area contributed by atoms with Gasteiger partial charge in [-0.25, -0.2) is 0 Å². The monoisotopic (exact) mass is 172 g/mol. The molecular formula is C10H20O2. The largest absolute Gasteiger partial charge is 0.349 e. The number of ether oxygens (including phenoxy) is 2. The van der Waals surface area contributed by atoms with Gasteiger partial charge in [0, 0.05) is 12.3 Å². The van der Waals surface area contributed by atoms with Crippen molar-refractivity contribution < 1.29 is 9.47 Å². The summed E-state index contributed by atoms with van der Waals surface area (Å²) in [5, 5.41) is 0. The van der Waals surface area contributed by atoms with Crippen LogP contribution in [0.5, 0.6) is 0 Å². The normalized spacial score (nSPS) is 35.5. The lowest BCUT2D eigenvalue weighted by molar-refractivity contribution is -0.283. The fourth-order valence-corrected chi connectivity index (χ4v) is 1.65. The van der Waals surface area contributed by atoms with Gasteiger partial charge in [-0.05, 0) is 20.8 Å². The highest BCUT2D eigenvalue weighted by Gasteiger charge is 2.34. The summed E-state index contributed by atoms with van der Waals surface area (Å²) in [5.74, 6) is 0.437. The minimum absolute atomic E-state index is 0.0212. The van der Waals surface area contributed by atoms with Crippen molar-refractivity contribution in [3.63, 3.8) is 0 Å². The first-order valence-electron chi connectivity index (χ1n) is 4.74. The lowest BCUT2D eigenvalue weighted by atomic mass is 9.99. The minimum atomic E-state index is -0.0243. The fourth-order valence-electron chi connectivity index (χ4n) is 1.65. The molecule has 0 aromatic carbocycles. The molecule has 2 nitrogen and oxygen atoms in total. The van der Waals surface area contributed by atoms with E-state index in [-0.39, 0.29) is 11.9 Å². The Bertz CT molecular complexity index is 152. The van der Waals surface area contributed by atoms with Crippen LogP contribution in [0.1, 0.15) is 41.0 Å². The number of hydrogen-bond acceptors (Lipinski definition) is 2. The summed E-state index contributed by atoms with van der Waals surface area (Å²) >= 11 is 0. The highest BCUT2D eigenvalue weighted by atomic mass is 16.7. The first kappa shape index (κ1) is 10.0. The van der Waals surface area contributed by atoms with Gasteiger partial charge in [-0.2, -0.15) is 0 Å². The third-order valence-corrected chi connectivity index (χ3v) is 2.12. The van der Waals surface area contributed by atoms with Crippen LogP contribution in [0.15, 0.2) is 0 Å². The molecule has 12 heavy (non-hydrogen) atoms. The molecule has 1 saturated heterocycles. The molecular weight excluding hydrogens is 152 g/mol. The first-order valence-corrected chi connectivity index (χ1v) is 4.74. The van der Waals surface area contributed by atoms with Crippen molar-refractivity contribution in [1.29, 1.82) is 0 Å². The number of rotatable bonds is 1. The maximum Gasteiger partial charge on any atom is 0.160 e. The Kier molecular flexibility index (Phi) is 2.79. The summed E-state index contributed by atoms with van der Waals surface area (Å²) in [4.78, 5) is 0. The zero-order valence-corrected chi connectivity index (χ0v) is 8.76. The van der Waals surface area contributed by atoms with E-state index in [0.29, 0.717) is 12.0 Å². The molecule has 0 amide bonds. The molecule has 0 unspecified atom stereocenters. The van der Waals surface area contributed by atoms with Crippen LogP contribution in [0.25, 0.3) is 0 Å². The number of hydrogen-bond donors (Lipinski definition) is 0. The molecule has 0 N–H and O–H groups in total. The smallest absolute Gasteiger partial charge is 0.160 e. The quantitative estimate of drug-likeness (QED) is 0.605. The van der Waals surface area contributed by atoms with Crippen LogP contribution >= 0.6 is 0 Å². The summed E-state index contributed by atoms with van der Waals surface area (Å²) < 4.78 is 11.4. The maximum absolute atomic E-state index is 5.78. The van der Waals surface area contributed by atoms with Gasteiger partial charge >= 0.3 is 0 Å². The van der Waals surface area contributed by atoms with Crippen molar-refractivity contribution >= 4 is 0 Å². The molecule has 0 aromatic rings. The van der Waals surface area contributed by atoms with Crippen molar-refractivity contribution in [2.24, 2.45) is 5.92 Å². The highest BCUT2D eigenvalue weighted by Crippen LogP contribution is 2.30. The van der Waals surface area contributed by atoms with Gasteiger partial charge in [0.1, 0.15) is 0 Å². The summed E-state index contributed by atoms with van der Waals surface area (Å²) in [6, 6.07) is 0. The fraction of sp³-hybridized carbons (Fsp3) is 1.00. The van der Waals surface area contributed by atoms with Crippen LogP contribution in [-0.2, 0) is 9.47 Å². The van der Waals surface area contributed by atoms with Gasteiger partial charge in [0.15, 0.2) is 6.29 Å². The third kappa shape index (κ3) is 2.46. The summed E-state index contributed by atoms with van der Waals surface area (Å²) in [5.41, 5.74) is -0.0212. The Morgan fingerprint density at radius 3 is 2.33 bits per heavy atom. The van der Waals surface area contributed by atoms with E-state index in [1.54, 1.807) is 0 Å². The van der Waals surface area contributed by atoms with E-state index in [2.05, 4.69) is 34.6 Å². The molecule has 0 bridgehead atoms. The van der Waals surface area contributed by atoms with E-state index in [4.69, 9.17) is 9.47 Å². The maximum atomic E-state index is 5.78. The molecule has 1 aliphatic heterocycles. The highest BCUT2D eigenvalue weighted by molar-refractivity contribution is 4.78. The van der Waals surface area contributed by atoms with Crippen LogP contribution in [0.2, 0.25) is 0 Å². The molecule has 0 aromatic heterocycles. The van der Waals surface area contributed by atoms with Crippen LogP contribution < -0.4 is 0 Å². The SMILES string of the molecule is CC(C)[C@H]1O[C@H](C)CC(C)(C)O1. The van der Waals surface area contributed by atoms with Gasteiger partial charge in [-0.3, -0.25) is 0 Å². The molecule has 0 saturated carbocycles. The van der Waals surface area contributed by atoms with E-state index in [1.807, 2.05) is 0 Å². The van der Waals surface area contributed by atoms with Gasteiger partial charge in [0.05, 0.1) is 11.7 Å². The van der Waals surface area contributed by atoms with Gasteiger partial charge in [-0.1, -0.05) is 13.8 Å². The molecule has 0 radical (unpaired) electrons. The molecule has 0 aliphatic carbocycles. The standard InChI is InChI=1S/C10H20O2/c1-7(2)9-11-8(3)6-10(4,5)12-9/h7-9H,6H2,1-5H3/t8-,9+/m1/s1. The Balaban J connectivity index is 2.58.